The molecule has 6 nitrogen and oxygen atoms in total. The van der Waals surface area contributed by atoms with E-state index in [9.17, 15) is 18.5 Å². The molecule has 122 valence electrons. The third kappa shape index (κ3) is 4.29. The number of para-hydroxylation sites is 1. The molecule has 0 aliphatic rings. The number of nitro benzene ring substituents is 1. The Kier molecular flexibility index (Phi) is 5.33. The highest BCUT2D eigenvalue weighted by Gasteiger charge is 2.25. The molecule has 0 bridgehead atoms. The van der Waals surface area contributed by atoms with E-state index in [1.165, 1.54) is 24.3 Å². The van der Waals surface area contributed by atoms with Crippen LogP contribution in [0.2, 0.25) is 0 Å². The second-order valence-corrected chi connectivity index (χ2v) is 6.78. The fourth-order valence-electron chi connectivity index (χ4n) is 2.17. The van der Waals surface area contributed by atoms with Crippen LogP contribution in [0.25, 0.3) is 0 Å². The van der Waals surface area contributed by atoms with Crippen LogP contribution in [0.5, 0.6) is 0 Å². The summed E-state index contributed by atoms with van der Waals surface area (Å²) in [5, 5.41) is 11.0. The van der Waals surface area contributed by atoms with Gasteiger partial charge in [0.25, 0.3) is 15.7 Å². The number of hydrogen-bond donors (Lipinski definition) is 1. The van der Waals surface area contributed by atoms with Crippen LogP contribution in [-0.2, 0) is 16.4 Å². The summed E-state index contributed by atoms with van der Waals surface area (Å²) in [6, 6.07) is 12.3. The second kappa shape index (κ2) is 7.23. The van der Waals surface area contributed by atoms with Crippen molar-refractivity contribution in [3.8, 4) is 0 Å². The van der Waals surface area contributed by atoms with E-state index < -0.39 is 20.6 Å². The van der Waals surface area contributed by atoms with Crippen molar-refractivity contribution in [3.05, 3.63) is 64.2 Å². The van der Waals surface area contributed by atoms with Gasteiger partial charge in [0.1, 0.15) is 0 Å². The summed E-state index contributed by atoms with van der Waals surface area (Å²) in [4.78, 5) is 9.93. The number of nitrogens with one attached hydrogen (secondary N) is 1. The van der Waals surface area contributed by atoms with Crippen molar-refractivity contribution in [2.45, 2.75) is 31.1 Å². The minimum Gasteiger partial charge on any atom is -0.279 e. The number of benzene rings is 2. The Balaban J connectivity index is 2.23. The molecule has 0 aliphatic heterocycles. The molecule has 2 rings (SSSR count). The van der Waals surface area contributed by atoms with E-state index in [1.54, 1.807) is 12.1 Å². The maximum Gasteiger partial charge on any atom is 0.289 e. The summed E-state index contributed by atoms with van der Waals surface area (Å²) in [5.41, 5.74) is 1.06. The largest absolute Gasteiger partial charge is 0.289 e. The highest BCUT2D eigenvalue weighted by Crippen LogP contribution is 2.25. The van der Waals surface area contributed by atoms with E-state index in [1.807, 2.05) is 12.1 Å². The molecular weight excluding hydrogens is 316 g/mol. The topological polar surface area (TPSA) is 89.3 Å². The van der Waals surface area contributed by atoms with Crippen molar-refractivity contribution in [2.24, 2.45) is 0 Å². The first-order valence-corrected chi connectivity index (χ1v) is 8.77. The zero-order valence-electron chi connectivity index (χ0n) is 12.7. The van der Waals surface area contributed by atoms with Crippen molar-refractivity contribution in [2.75, 3.05) is 4.72 Å². The number of aryl methyl sites for hydroxylation is 1. The van der Waals surface area contributed by atoms with Crippen LogP contribution >= 0.6 is 0 Å². The van der Waals surface area contributed by atoms with Crippen LogP contribution in [0.15, 0.2) is 53.4 Å². The molecule has 0 unspecified atom stereocenters. The molecule has 23 heavy (non-hydrogen) atoms. The Morgan fingerprint density at radius 2 is 1.74 bits per heavy atom. The molecule has 0 heterocycles. The van der Waals surface area contributed by atoms with Crippen molar-refractivity contribution in [3.63, 3.8) is 0 Å². The monoisotopic (exact) mass is 334 g/mol. The van der Waals surface area contributed by atoms with Gasteiger partial charge in [0, 0.05) is 11.8 Å². The van der Waals surface area contributed by atoms with Crippen LogP contribution in [0.3, 0.4) is 0 Å². The smallest absolute Gasteiger partial charge is 0.279 e. The quantitative estimate of drug-likeness (QED) is 0.617. The van der Waals surface area contributed by atoms with Crippen molar-refractivity contribution < 1.29 is 13.3 Å². The number of sulfonamides is 1. The standard InChI is InChI=1S/C16H18N2O4S/c1-2-3-6-13-9-11-14(12-10-13)17-23(21,22)16-8-5-4-7-15(16)18(19)20/h4-5,7-12,17H,2-3,6H2,1H3. The predicted octanol–water partition coefficient (Wildman–Crippen LogP) is 3.74. The van der Waals surface area contributed by atoms with Gasteiger partial charge in [-0.15, -0.1) is 0 Å². The third-order valence-corrected chi connectivity index (χ3v) is 4.81. The van der Waals surface area contributed by atoms with E-state index in [0.717, 1.165) is 24.8 Å². The lowest BCUT2D eigenvalue weighted by Crippen LogP contribution is -2.14. The molecule has 0 atom stereocenters. The minimum absolute atomic E-state index is 0.347. The molecule has 2 aromatic carbocycles. The molecule has 0 saturated carbocycles. The summed E-state index contributed by atoms with van der Waals surface area (Å²) in [5.74, 6) is 0. The van der Waals surface area contributed by atoms with Gasteiger partial charge in [-0.25, -0.2) is 8.42 Å². The molecule has 0 amide bonds. The molecule has 1 N–H and O–H groups in total. The Bertz CT molecular complexity index is 786. The van der Waals surface area contributed by atoms with Gasteiger partial charge < -0.3 is 0 Å². The summed E-state index contributed by atoms with van der Waals surface area (Å²) < 4.78 is 27.1. The molecular formula is C16H18N2O4S. The zero-order valence-corrected chi connectivity index (χ0v) is 13.5. The van der Waals surface area contributed by atoms with Crippen LogP contribution in [0, 0.1) is 10.1 Å². The first kappa shape index (κ1) is 17.0. The van der Waals surface area contributed by atoms with Crippen molar-refractivity contribution >= 4 is 21.4 Å². The Labute approximate surface area is 135 Å². The number of nitro groups is 1. The van der Waals surface area contributed by atoms with E-state index in [2.05, 4.69) is 11.6 Å². The Morgan fingerprint density at radius 1 is 1.09 bits per heavy atom. The zero-order chi connectivity index (χ0) is 16.9. The van der Waals surface area contributed by atoms with E-state index in [0.29, 0.717) is 5.69 Å². The average Bonchev–Trinajstić information content (AvgIpc) is 2.54. The average molecular weight is 334 g/mol. The van der Waals surface area contributed by atoms with E-state index >= 15 is 0 Å². The highest BCUT2D eigenvalue weighted by molar-refractivity contribution is 7.92. The number of hydrogen-bond acceptors (Lipinski definition) is 4. The van der Waals surface area contributed by atoms with E-state index in [-0.39, 0.29) is 4.90 Å². The number of rotatable bonds is 7. The first-order chi connectivity index (χ1) is 10.9. The van der Waals surface area contributed by atoms with Crippen LogP contribution in [-0.4, -0.2) is 13.3 Å². The summed E-state index contributed by atoms with van der Waals surface area (Å²) in [6.45, 7) is 2.11. The van der Waals surface area contributed by atoms with Crippen molar-refractivity contribution in [1.82, 2.24) is 0 Å². The Hall–Kier alpha value is -2.41. The maximum absolute atomic E-state index is 12.4. The molecule has 0 fully saturated rings. The molecule has 0 radical (unpaired) electrons. The fourth-order valence-corrected chi connectivity index (χ4v) is 3.40. The summed E-state index contributed by atoms with van der Waals surface area (Å²) in [6.07, 6.45) is 3.10. The van der Waals surface area contributed by atoms with Gasteiger partial charge in [-0.05, 0) is 36.6 Å². The first-order valence-electron chi connectivity index (χ1n) is 7.29. The lowest BCUT2D eigenvalue weighted by molar-refractivity contribution is -0.387. The molecule has 0 aliphatic carbocycles. The van der Waals surface area contributed by atoms with Gasteiger partial charge in [-0.3, -0.25) is 14.8 Å². The van der Waals surface area contributed by atoms with Gasteiger partial charge in [0.05, 0.1) is 4.92 Å². The van der Waals surface area contributed by atoms with Crippen LogP contribution in [0.4, 0.5) is 11.4 Å². The molecule has 7 heteroatoms. The normalized spacial score (nSPS) is 11.2. The SMILES string of the molecule is CCCCc1ccc(NS(=O)(=O)c2ccccc2[N+](=O)[O-])cc1. The van der Waals surface area contributed by atoms with E-state index in [4.69, 9.17) is 0 Å². The van der Waals surface area contributed by atoms with Crippen LogP contribution < -0.4 is 4.72 Å². The maximum atomic E-state index is 12.4. The van der Waals surface area contributed by atoms with Gasteiger partial charge in [0.2, 0.25) is 0 Å². The summed E-state index contributed by atoms with van der Waals surface area (Å²) in [7, 11) is -4.01. The highest BCUT2D eigenvalue weighted by atomic mass is 32.2. The van der Waals surface area contributed by atoms with Crippen LogP contribution in [0.1, 0.15) is 25.3 Å². The molecule has 0 spiro atoms. The van der Waals surface area contributed by atoms with Gasteiger partial charge in [0.15, 0.2) is 4.90 Å². The minimum atomic E-state index is -4.01. The second-order valence-electron chi connectivity index (χ2n) is 5.13. The molecule has 0 saturated heterocycles. The molecule has 2 aromatic rings. The summed E-state index contributed by atoms with van der Waals surface area (Å²) >= 11 is 0. The number of anilines is 1. The van der Waals surface area contributed by atoms with Gasteiger partial charge in [-0.2, -0.15) is 0 Å². The third-order valence-electron chi connectivity index (χ3n) is 3.38. The van der Waals surface area contributed by atoms with Crippen molar-refractivity contribution in [1.29, 1.82) is 0 Å². The van der Waals surface area contributed by atoms with Gasteiger partial charge >= 0.3 is 0 Å². The Morgan fingerprint density at radius 3 is 2.35 bits per heavy atom. The fraction of sp³-hybridized carbons (Fsp3) is 0.250. The van der Waals surface area contributed by atoms with Gasteiger partial charge in [-0.1, -0.05) is 37.6 Å². The number of nitrogens with zero attached hydrogens (tertiary/aromatic N) is 1. The lowest BCUT2D eigenvalue weighted by Gasteiger charge is -2.09. The number of unbranched alkanes of at least 4 members (excludes halogenated alkanes) is 1. The molecule has 0 aromatic heterocycles. The predicted molar refractivity (Wildman–Crippen MR) is 89.0 cm³/mol. The lowest BCUT2D eigenvalue weighted by atomic mass is 10.1.